The van der Waals surface area contributed by atoms with Crippen molar-refractivity contribution in [3.05, 3.63) is 32.6 Å². The second-order valence-electron chi connectivity index (χ2n) is 5.95. The lowest BCUT2D eigenvalue weighted by Gasteiger charge is -2.26. The molecule has 152 valence electrons. The minimum absolute atomic E-state index is 0.110. The van der Waals surface area contributed by atoms with Crippen LogP contribution in [0.15, 0.2) is 12.4 Å². The Hall–Kier alpha value is -2.42. The molecule has 4 heterocycles. The van der Waals surface area contributed by atoms with Crippen molar-refractivity contribution in [3.63, 3.8) is 0 Å². The summed E-state index contributed by atoms with van der Waals surface area (Å²) in [5.74, 6) is 0. The Kier molecular flexibility index (Phi) is 7.02. The van der Waals surface area contributed by atoms with Crippen LogP contribution in [0.1, 0.15) is 0 Å². The summed E-state index contributed by atoms with van der Waals surface area (Å²) in [6, 6.07) is 0. The van der Waals surface area contributed by atoms with Gasteiger partial charge in [-0.2, -0.15) is 0 Å². The topological polar surface area (TPSA) is 143 Å². The lowest BCUT2D eigenvalue weighted by molar-refractivity contribution is -0.380. The van der Waals surface area contributed by atoms with E-state index >= 15 is 0 Å². The molecule has 2 aromatic heterocycles. The van der Waals surface area contributed by atoms with E-state index in [0.717, 1.165) is 85.3 Å². The fraction of sp³-hybridized carbons (Fsp3) is 0.571. The Morgan fingerprint density at radius 2 is 1.14 bits per heavy atom. The maximum absolute atomic E-state index is 10.4. The van der Waals surface area contributed by atoms with E-state index in [9.17, 15) is 20.2 Å². The maximum Gasteiger partial charge on any atom is 0.345 e. The molecule has 0 atom stereocenters. The Bertz CT molecular complexity index is 735. The molecule has 0 saturated carbocycles. The number of anilines is 2. The highest BCUT2D eigenvalue weighted by Gasteiger charge is 2.19. The van der Waals surface area contributed by atoms with Gasteiger partial charge in [-0.25, -0.2) is 9.97 Å². The Morgan fingerprint density at radius 1 is 0.786 bits per heavy atom. The summed E-state index contributed by atoms with van der Waals surface area (Å²) in [6.45, 7) is 7.10. The fourth-order valence-corrected chi connectivity index (χ4v) is 4.25. The number of thiazole rings is 2. The van der Waals surface area contributed by atoms with E-state index in [-0.39, 0.29) is 10.0 Å². The van der Waals surface area contributed by atoms with Crippen molar-refractivity contribution in [1.82, 2.24) is 20.6 Å². The standard InChI is InChI=1S/2C7H10N4O2S/c2*12-11(13)6-5-9-7(14-6)10-3-1-8-2-4-10/h2*5,8H,1-4H2. The van der Waals surface area contributed by atoms with Crippen molar-refractivity contribution in [2.24, 2.45) is 0 Å². The lowest BCUT2D eigenvalue weighted by Crippen LogP contribution is -2.43. The number of rotatable bonds is 4. The third-order valence-electron chi connectivity index (χ3n) is 4.10. The molecule has 0 amide bonds. The predicted molar refractivity (Wildman–Crippen MR) is 108 cm³/mol. The van der Waals surface area contributed by atoms with Crippen molar-refractivity contribution in [2.45, 2.75) is 0 Å². The molecule has 2 aliphatic rings. The van der Waals surface area contributed by atoms with Crippen LogP contribution in [0, 0.1) is 20.2 Å². The molecule has 0 bridgehead atoms. The van der Waals surface area contributed by atoms with Crippen LogP contribution in [0.3, 0.4) is 0 Å². The molecule has 0 unspecified atom stereocenters. The number of hydrogen-bond acceptors (Lipinski definition) is 12. The quantitative estimate of drug-likeness (QED) is 0.533. The highest BCUT2D eigenvalue weighted by molar-refractivity contribution is 7.19. The summed E-state index contributed by atoms with van der Waals surface area (Å²) in [4.78, 5) is 32.3. The van der Waals surface area contributed by atoms with Crippen molar-refractivity contribution < 1.29 is 9.85 Å². The molecule has 2 N–H and O–H groups in total. The van der Waals surface area contributed by atoms with E-state index in [4.69, 9.17) is 0 Å². The first kappa shape index (κ1) is 20.3. The number of aromatic nitrogens is 2. The van der Waals surface area contributed by atoms with Gasteiger partial charge >= 0.3 is 10.0 Å². The molecule has 14 heteroatoms. The molecular weight excluding hydrogens is 408 g/mol. The molecule has 2 aromatic rings. The summed E-state index contributed by atoms with van der Waals surface area (Å²) >= 11 is 2.27. The molecule has 12 nitrogen and oxygen atoms in total. The van der Waals surface area contributed by atoms with E-state index in [1.165, 1.54) is 12.4 Å². The average Bonchev–Trinajstić information content (AvgIpc) is 3.40. The minimum Gasteiger partial charge on any atom is -0.345 e. The predicted octanol–water partition coefficient (Wildman–Crippen LogP) is 0.922. The van der Waals surface area contributed by atoms with Gasteiger partial charge in [0.25, 0.3) is 0 Å². The van der Waals surface area contributed by atoms with Crippen LogP contribution >= 0.6 is 22.7 Å². The van der Waals surface area contributed by atoms with Crippen LogP contribution in [-0.4, -0.2) is 72.2 Å². The minimum atomic E-state index is -0.399. The summed E-state index contributed by atoms with van der Waals surface area (Å²) in [5, 5.41) is 29.0. The van der Waals surface area contributed by atoms with Crippen molar-refractivity contribution in [1.29, 1.82) is 0 Å². The zero-order valence-corrected chi connectivity index (χ0v) is 16.6. The average molecular weight is 429 g/mol. The van der Waals surface area contributed by atoms with Gasteiger partial charge < -0.3 is 20.4 Å². The van der Waals surface area contributed by atoms with Crippen LogP contribution < -0.4 is 20.4 Å². The Labute approximate surface area is 168 Å². The van der Waals surface area contributed by atoms with Gasteiger partial charge in [0.15, 0.2) is 10.3 Å². The van der Waals surface area contributed by atoms with Crippen LogP contribution in [0.25, 0.3) is 0 Å². The highest BCUT2D eigenvalue weighted by atomic mass is 32.1. The van der Waals surface area contributed by atoms with E-state index < -0.39 is 9.85 Å². The van der Waals surface area contributed by atoms with Gasteiger partial charge in [0.1, 0.15) is 12.4 Å². The lowest BCUT2D eigenvalue weighted by atomic mass is 10.4. The van der Waals surface area contributed by atoms with Crippen molar-refractivity contribution in [2.75, 3.05) is 62.2 Å². The van der Waals surface area contributed by atoms with Crippen LogP contribution in [0.2, 0.25) is 0 Å². The van der Waals surface area contributed by atoms with Crippen molar-refractivity contribution >= 4 is 42.9 Å². The summed E-state index contributed by atoms with van der Waals surface area (Å²) in [5.41, 5.74) is 0. The van der Waals surface area contributed by atoms with Crippen molar-refractivity contribution in [3.8, 4) is 0 Å². The molecule has 0 radical (unpaired) electrons. The first-order valence-electron chi connectivity index (χ1n) is 8.66. The largest absolute Gasteiger partial charge is 0.345 e. The Balaban J connectivity index is 0.000000161. The van der Waals surface area contributed by atoms with Gasteiger partial charge in [0.05, 0.1) is 9.85 Å². The first-order valence-corrected chi connectivity index (χ1v) is 10.3. The third-order valence-corrected chi connectivity index (χ3v) is 6.12. The van der Waals surface area contributed by atoms with Gasteiger partial charge in [0.2, 0.25) is 0 Å². The van der Waals surface area contributed by atoms with Gasteiger partial charge in [0, 0.05) is 52.4 Å². The molecule has 0 aliphatic carbocycles. The fourth-order valence-electron chi connectivity index (χ4n) is 2.69. The smallest absolute Gasteiger partial charge is 0.345 e. The van der Waals surface area contributed by atoms with Crippen LogP contribution in [0.4, 0.5) is 20.3 Å². The summed E-state index contributed by atoms with van der Waals surface area (Å²) in [7, 11) is 0. The zero-order chi connectivity index (χ0) is 19.9. The second kappa shape index (κ2) is 9.68. The molecule has 0 spiro atoms. The summed E-state index contributed by atoms with van der Waals surface area (Å²) < 4.78 is 0. The first-order chi connectivity index (χ1) is 13.5. The summed E-state index contributed by atoms with van der Waals surface area (Å²) in [6.07, 6.45) is 2.64. The monoisotopic (exact) mass is 428 g/mol. The normalized spacial score (nSPS) is 17.0. The maximum atomic E-state index is 10.4. The van der Waals surface area contributed by atoms with E-state index in [1.807, 2.05) is 0 Å². The number of nitrogens with zero attached hydrogens (tertiary/aromatic N) is 6. The SMILES string of the molecule is O=[N+]([O-])c1cnc(N2CCNCC2)s1.O=[N+]([O-])c1cnc(N2CCNCC2)s1. The van der Waals surface area contributed by atoms with Gasteiger partial charge in [-0.05, 0) is 22.7 Å². The molecule has 0 aromatic carbocycles. The van der Waals surface area contributed by atoms with Gasteiger partial charge in [-0.3, -0.25) is 20.2 Å². The van der Waals surface area contributed by atoms with Crippen LogP contribution in [-0.2, 0) is 0 Å². The number of nitrogens with one attached hydrogen (secondary N) is 2. The van der Waals surface area contributed by atoms with Gasteiger partial charge in [-0.15, -0.1) is 0 Å². The van der Waals surface area contributed by atoms with Crippen LogP contribution in [0.5, 0.6) is 0 Å². The third kappa shape index (κ3) is 5.31. The van der Waals surface area contributed by atoms with E-state index in [2.05, 4.69) is 30.4 Å². The molecular formula is C14H20N8O4S2. The van der Waals surface area contributed by atoms with E-state index in [0.29, 0.717) is 0 Å². The molecule has 4 rings (SSSR count). The van der Waals surface area contributed by atoms with Gasteiger partial charge in [-0.1, -0.05) is 0 Å². The number of nitro groups is 2. The zero-order valence-electron chi connectivity index (χ0n) is 14.9. The molecule has 28 heavy (non-hydrogen) atoms. The number of piperazine rings is 2. The highest BCUT2D eigenvalue weighted by Crippen LogP contribution is 2.29. The second-order valence-corrected chi connectivity index (χ2v) is 7.93. The van der Waals surface area contributed by atoms with E-state index in [1.54, 1.807) is 0 Å². The molecule has 2 fully saturated rings. The number of hydrogen-bond donors (Lipinski definition) is 2. The molecule has 2 aliphatic heterocycles. The Morgan fingerprint density at radius 3 is 1.43 bits per heavy atom. The molecule has 2 saturated heterocycles.